The lowest BCUT2D eigenvalue weighted by molar-refractivity contribution is -0.139. The summed E-state index contributed by atoms with van der Waals surface area (Å²) in [6.07, 6.45) is 4.89. The van der Waals surface area contributed by atoms with Crippen molar-refractivity contribution in [2.75, 3.05) is 19.7 Å². The van der Waals surface area contributed by atoms with Gasteiger partial charge in [0.2, 0.25) is 5.91 Å². The molecule has 0 spiro atoms. The van der Waals surface area contributed by atoms with Gasteiger partial charge in [0.15, 0.2) is 0 Å². The summed E-state index contributed by atoms with van der Waals surface area (Å²) in [6.45, 7) is 0.352. The van der Waals surface area contributed by atoms with E-state index in [1.54, 1.807) is 35.2 Å². The number of thioether (sulfide) groups is 1. The molecule has 0 unspecified atom stereocenters. The Labute approximate surface area is 167 Å². The Morgan fingerprint density at radius 1 is 1.26 bits per heavy atom. The Bertz CT molecular complexity index is 763. The number of hydrogen-bond acceptors (Lipinski definition) is 5. The van der Waals surface area contributed by atoms with Crippen LogP contribution in [0.15, 0.2) is 29.2 Å². The molecule has 0 saturated carbocycles. The van der Waals surface area contributed by atoms with Crippen LogP contribution >= 0.6 is 23.4 Å². The second kappa shape index (κ2) is 8.91. The number of imide groups is 1. The van der Waals surface area contributed by atoms with E-state index in [0.29, 0.717) is 22.9 Å². The van der Waals surface area contributed by atoms with E-state index in [1.807, 2.05) is 0 Å². The molecule has 144 valence electrons. The molecule has 0 radical (unpaired) electrons. The van der Waals surface area contributed by atoms with Crippen LogP contribution in [0, 0.1) is 0 Å². The average molecular weight is 409 g/mol. The third kappa shape index (κ3) is 4.72. The molecule has 2 fully saturated rings. The molecule has 3 rings (SSSR count). The standard InChI is InChI=1S/C19H21ClN2O4S/c20-14-6-4-13(5-7-14)11-16-18(25)22(19(26)27-16)12-17(24)21-9-2-1-3-15(21)8-10-23/h4-7,11,15,23H,1-3,8-10,12H2/b16-11-/t15-/m1/s1. The van der Waals surface area contributed by atoms with E-state index >= 15 is 0 Å². The molecule has 1 aromatic rings. The predicted octanol–water partition coefficient (Wildman–Crippen LogP) is 3.14. The maximum atomic E-state index is 12.7. The summed E-state index contributed by atoms with van der Waals surface area (Å²) < 4.78 is 0. The van der Waals surface area contributed by atoms with E-state index in [-0.39, 0.29) is 25.1 Å². The van der Waals surface area contributed by atoms with Gasteiger partial charge in [0, 0.05) is 24.2 Å². The Balaban J connectivity index is 1.69. The molecule has 2 heterocycles. The highest BCUT2D eigenvalue weighted by atomic mass is 35.5. The second-order valence-electron chi connectivity index (χ2n) is 6.57. The number of aliphatic hydroxyl groups excluding tert-OH is 1. The number of nitrogens with zero attached hydrogens (tertiary/aromatic N) is 2. The van der Waals surface area contributed by atoms with Crippen molar-refractivity contribution >= 4 is 46.5 Å². The number of halogens is 1. The zero-order valence-corrected chi connectivity index (χ0v) is 16.3. The summed E-state index contributed by atoms with van der Waals surface area (Å²) in [7, 11) is 0. The molecule has 2 saturated heterocycles. The van der Waals surface area contributed by atoms with Gasteiger partial charge in [0.05, 0.1) is 4.91 Å². The van der Waals surface area contributed by atoms with Crippen LogP contribution in [0.2, 0.25) is 5.02 Å². The second-order valence-corrected chi connectivity index (χ2v) is 8.00. The fraction of sp³-hybridized carbons (Fsp3) is 0.421. The van der Waals surface area contributed by atoms with Crippen molar-refractivity contribution in [1.82, 2.24) is 9.80 Å². The van der Waals surface area contributed by atoms with Crippen molar-refractivity contribution in [3.63, 3.8) is 0 Å². The monoisotopic (exact) mass is 408 g/mol. The number of hydrogen-bond donors (Lipinski definition) is 1. The number of carbonyl (C=O) groups is 3. The summed E-state index contributed by atoms with van der Waals surface area (Å²) in [4.78, 5) is 40.5. The highest BCUT2D eigenvalue weighted by molar-refractivity contribution is 8.18. The number of carbonyl (C=O) groups excluding carboxylic acids is 3. The first-order chi connectivity index (χ1) is 13.0. The van der Waals surface area contributed by atoms with E-state index < -0.39 is 11.1 Å². The Morgan fingerprint density at radius 3 is 2.70 bits per heavy atom. The van der Waals surface area contributed by atoms with Crippen LogP contribution in [-0.2, 0) is 9.59 Å². The maximum absolute atomic E-state index is 12.7. The highest BCUT2D eigenvalue weighted by Crippen LogP contribution is 2.32. The van der Waals surface area contributed by atoms with Crippen molar-refractivity contribution in [2.24, 2.45) is 0 Å². The fourth-order valence-electron chi connectivity index (χ4n) is 3.35. The summed E-state index contributed by atoms with van der Waals surface area (Å²) in [5, 5.41) is 9.35. The van der Waals surface area contributed by atoms with E-state index in [1.165, 1.54) is 0 Å². The molecular weight excluding hydrogens is 388 g/mol. The lowest BCUT2D eigenvalue weighted by atomic mass is 9.99. The zero-order valence-electron chi connectivity index (χ0n) is 14.8. The minimum absolute atomic E-state index is 0.0137. The van der Waals surface area contributed by atoms with Crippen molar-refractivity contribution < 1.29 is 19.5 Å². The Morgan fingerprint density at radius 2 is 2.00 bits per heavy atom. The lowest BCUT2D eigenvalue weighted by Crippen LogP contribution is -2.49. The van der Waals surface area contributed by atoms with Gasteiger partial charge in [0.25, 0.3) is 11.1 Å². The molecule has 1 aromatic carbocycles. The molecule has 1 atom stereocenters. The van der Waals surface area contributed by atoms with Gasteiger partial charge in [-0.2, -0.15) is 0 Å². The third-order valence-electron chi connectivity index (χ3n) is 4.74. The minimum Gasteiger partial charge on any atom is -0.396 e. The summed E-state index contributed by atoms with van der Waals surface area (Å²) in [5.74, 6) is -0.702. The van der Waals surface area contributed by atoms with E-state index in [2.05, 4.69) is 0 Å². The first-order valence-corrected chi connectivity index (χ1v) is 10.1. The SMILES string of the molecule is O=C1S/C(=C\c2ccc(Cl)cc2)C(=O)N1CC(=O)N1CCCC[C@@H]1CCO. The van der Waals surface area contributed by atoms with Crippen molar-refractivity contribution in [2.45, 2.75) is 31.7 Å². The highest BCUT2D eigenvalue weighted by Gasteiger charge is 2.38. The average Bonchev–Trinajstić information content (AvgIpc) is 2.91. The summed E-state index contributed by atoms with van der Waals surface area (Å²) in [5.41, 5.74) is 0.760. The van der Waals surface area contributed by atoms with E-state index in [9.17, 15) is 19.5 Å². The van der Waals surface area contributed by atoms with Crippen molar-refractivity contribution in [3.05, 3.63) is 39.8 Å². The van der Waals surface area contributed by atoms with Gasteiger partial charge in [0.1, 0.15) is 6.54 Å². The number of piperidine rings is 1. The molecule has 6 nitrogen and oxygen atoms in total. The quantitative estimate of drug-likeness (QED) is 0.757. The smallest absolute Gasteiger partial charge is 0.294 e. The minimum atomic E-state index is -0.455. The van der Waals surface area contributed by atoms with E-state index in [4.69, 9.17) is 11.6 Å². The predicted molar refractivity (Wildman–Crippen MR) is 105 cm³/mol. The van der Waals surface area contributed by atoms with Crippen LogP contribution in [0.4, 0.5) is 4.79 Å². The number of benzene rings is 1. The van der Waals surface area contributed by atoms with Crippen LogP contribution in [0.5, 0.6) is 0 Å². The van der Waals surface area contributed by atoms with Gasteiger partial charge >= 0.3 is 0 Å². The largest absolute Gasteiger partial charge is 0.396 e. The molecule has 3 amide bonds. The van der Waals surface area contributed by atoms with Crippen LogP contribution in [0.25, 0.3) is 6.08 Å². The molecule has 8 heteroatoms. The molecule has 0 aliphatic carbocycles. The van der Waals surface area contributed by atoms with Crippen LogP contribution in [-0.4, -0.2) is 57.7 Å². The number of likely N-dealkylation sites (tertiary alicyclic amines) is 1. The van der Waals surface area contributed by atoms with Gasteiger partial charge in [-0.25, -0.2) is 0 Å². The van der Waals surface area contributed by atoms with Crippen LogP contribution in [0.3, 0.4) is 0 Å². The molecule has 27 heavy (non-hydrogen) atoms. The van der Waals surface area contributed by atoms with Gasteiger partial charge in [-0.3, -0.25) is 19.3 Å². The lowest BCUT2D eigenvalue weighted by Gasteiger charge is -2.36. The van der Waals surface area contributed by atoms with Gasteiger partial charge in [-0.1, -0.05) is 23.7 Å². The Kier molecular flexibility index (Phi) is 6.57. The molecular formula is C19H21ClN2O4S. The first kappa shape index (κ1) is 19.9. The maximum Gasteiger partial charge on any atom is 0.294 e. The topological polar surface area (TPSA) is 77.9 Å². The number of amides is 3. The van der Waals surface area contributed by atoms with Crippen molar-refractivity contribution in [3.8, 4) is 0 Å². The molecule has 2 aliphatic rings. The number of rotatable bonds is 5. The summed E-state index contributed by atoms with van der Waals surface area (Å²) in [6, 6.07) is 6.90. The van der Waals surface area contributed by atoms with Crippen LogP contribution in [0.1, 0.15) is 31.2 Å². The fourth-order valence-corrected chi connectivity index (χ4v) is 4.32. The Hall–Kier alpha value is -1.83. The van der Waals surface area contributed by atoms with Gasteiger partial charge in [-0.15, -0.1) is 0 Å². The summed E-state index contributed by atoms with van der Waals surface area (Å²) >= 11 is 6.69. The zero-order chi connectivity index (χ0) is 19.4. The normalized spacial score (nSPS) is 22.0. The third-order valence-corrected chi connectivity index (χ3v) is 5.90. The molecule has 1 N–H and O–H groups in total. The van der Waals surface area contributed by atoms with Gasteiger partial charge < -0.3 is 10.0 Å². The van der Waals surface area contributed by atoms with Crippen molar-refractivity contribution in [1.29, 1.82) is 0 Å². The van der Waals surface area contributed by atoms with Crippen LogP contribution < -0.4 is 0 Å². The van der Waals surface area contributed by atoms with Gasteiger partial charge in [-0.05, 0) is 61.2 Å². The molecule has 2 aliphatic heterocycles. The first-order valence-electron chi connectivity index (χ1n) is 8.91. The molecule has 0 bridgehead atoms. The number of aliphatic hydroxyl groups is 1. The van der Waals surface area contributed by atoms with E-state index in [0.717, 1.165) is 41.5 Å². The molecule has 0 aromatic heterocycles.